The van der Waals surface area contributed by atoms with Gasteiger partial charge in [0.2, 0.25) is 0 Å². The number of nitrogens with one attached hydrogen (secondary N) is 2. The van der Waals surface area contributed by atoms with Gasteiger partial charge in [-0.25, -0.2) is 5.84 Å². The Morgan fingerprint density at radius 1 is 1.85 bits per heavy atom. The van der Waals surface area contributed by atoms with Crippen LogP contribution in [0.5, 0.6) is 0 Å². The van der Waals surface area contributed by atoms with E-state index in [4.69, 9.17) is 10.6 Å². The zero-order chi connectivity index (χ0) is 9.68. The van der Waals surface area contributed by atoms with Gasteiger partial charge < -0.3 is 10.1 Å². The molecule has 0 radical (unpaired) electrons. The molecule has 5 heteroatoms. The summed E-state index contributed by atoms with van der Waals surface area (Å²) in [5.74, 6) is 5.16. The lowest BCUT2D eigenvalue weighted by atomic mass is 10.2. The van der Waals surface area contributed by atoms with Crippen LogP contribution in [0.4, 0.5) is 0 Å². The van der Waals surface area contributed by atoms with Gasteiger partial charge in [0.05, 0.1) is 6.61 Å². The molecule has 0 aromatic rings. The molecule has 1 amide bonds. The third-order valence-electron chi connectivity index (χ3n) is 1.57. The molecule has 0 fully saturated rings. The molecule has 1 aliphatic heterocycles. The van der Waals surface area contributed by atoms with Gasteiger partial charge in [-0.3, -0.25) is 10.2 Å². The van der Waals surface area contributed by atoms with Gasteiger partial charge >= 0.3 is 0 Å². The predicted octanol–water partition coefficient (Wildman–Crippen LogP) is -0.616. The van der Waals surface area contributed by atoms with Gasteiger partial charge in [0, 0.05) is 6.54 Å². The molecule has 0 aliphatic carbocycles. The van der Waals surface area contributed by atoms with Crippen molar-refractivity contribution in [2.75, 3.05) is 13.2 Å². The highest BCUT2D eigenvalue weighted by Gasteiger charge is 2.15. The Hall–Kier alpha value is -1.49. The molecule has 0 bridgehead atoms. The third kappa shape index (κ3) is 2.22. The number of carbonyl (C=O) groups excluding carboxylic acids is 1. The summed E-state index contributed by atoms with van der Waals surface area (Å²) in [7, 11) is 0. The Labute approximate surface area is 76.6 Å². The molecule has 0 aromatic carbocycles. The Morgan fingerprint density at radius 3 is 3.23 bits per heavy atom. The highest BCUT2D eigenvalue weighted by Crippen LogP contribution is 2.09. The summed E-state index contributed by atoms with van der Waals surface area (Å²) in [6, 6.07) is 0. The second kappa shape index (κ2) is 4.51. The van der Waals surface area contributed by atoms with Crippen LogP contribution in [0.3, 0.4) is 0 Å². The monoisotopic (exact) mass is 183 g/mol. The van der Waals surface area contributed by atoms with Crippen molar-refractivity contribution in [3.8, 4) is 0 Å². The summed E-state index contributed by atoms with van der Waals surface area (Å²) < 4.78 is 5.23. The molecule has 4 N–H and O–H groups in total. The molecule has 0 unspecified atom stereocenters. The van der Waals surface area contributed by atoms with Crippen molar-refractivity contribution < 1.29 is 9.53 Å². The first-order valence-corrected chi connectivity index (χ1v) is 4.08. The molecule has 5 nitrogen and oxygen atoms in total. The highest BCUT2D eigenvalue weighted by molar-refractivity contribution is 5.93. The van der Waals surface area contributed by atoms with Gasteiger partial charge in [-0.05, 0) is 13.0 Å². The van der Waals surface area contributed by atoms with Gasteiger partial charge in [-0.2, -0.15) is 0 Å². The molecule has 0 aromatic heterocycles. The Kier molecular flexibility index (Phi) is 3.33. The maximum atomic E-state index is 11.2. The molecular formula is C8H13N3O2. The van der Waals surface area contributed by atoms with Crippen LogP contribution in [0.25, 0.3) is 0 Å². The molecule has 0 spiro atoms. The van der Waals surface area contributed by atoms with E-state index in [2.05, 4.69) is 5.32 Å². The second-order valence-corrected chi connectivity index (χ2v) is 2.43. The predicted molar refractivity (Wildman–Crippen MR) is 48.1 cm³/mol. The van der Waals surface area contributed by atoms with E-state index in [-0.39, 0.29) is 5.91 Å². The minimum absolute atomic E-state index is 0.368. The fraction of sp³-hybridized carbons (Fsp3) is 0.375. The fourth-order valence-corrected chi connectivity index (χ4v) is 1.04. The Bertz CT molecular complexity index is 258. The maximum absolute atomic E-state index is 11.2. The van der Waals surface area contributed by atoms with Crippen LogP contribution in [-0.4, -0.2) is 19.1 Å². The lowest BCUT2D eigenvalue weighted by Crippen LogP contribution is -2.38. The number of dihydropyridines is 1. The number of allylic oxidation sites excluding steroid dienone is 1. The van der Waals surface area contributed by atoms with Crippen molar-refractivity contribution in [1.29, 1.82) is 0 Å². The minimum atomic E-state index is -0.368. The van der Waals surface area contributed by atoms with E-state index in [1.54, 1.807) is 6.08 Å². The van der Waals surface area contributed by atoms with Crippen molar-refractivity contribution >= 4 is 5.91 Å². The van der Waals surface area contributed by atoms with Crippen LogP contribution in [-0.2, 0) is 9.53 Å². The van der Waals surface area contributed by atoms with E-state index >= 15 is 0 Å². The number of amides is 1. The average molecular weight is 183 g/mol. The highest BCUT2D eigenvalue weighted by atomic mass is 16.5. The lowest BCUT2D eigenvalue weighted by molar-refractivity contribution is -0.118. The van der Waals surface area contributed by atoms with Crippen molar-refractivity contribution in [2.24, 2.45) is 5.84 Å². The largest absolute Gasteiger partial charge is 0.492 e. The number of ether oxygens (including phenoxy) is 1. The zero-order valence-electron chi connectivity index (χ0n) is 7.46. The maximum Gasteiger partial charge on any atom is 0.285 e. The zero-order valence-corrected chi connectivity index (χ0v) is 7.46. The number of rotatable bonds is 3. The molecular weight excluding hydrogens is 170 g/mol. The average Bonchev–Trinajstić information content (AvgIpc) is 2.18. The van der Waals surface area contributed by atoms with Crippen molar-refractivity contribution in [1.82, 2.24) is 10.7 Å². The molecule has 1 heterocycles. The summed E-state index contributed by atoms with van der Waals surface area (Å²) in [5.41, 5.74) is 2.43. The summed E-state index contributed by atoms with van der Waals surface area (Å²) >= 11 is 0. The molecule has 0 saturated heterocycles. The van der Waals surface area contributed by atoms with E-state index in [0.29, 0.717) is 24.6 Å². The van der Waals surface area contributed by atoms with Crippen LogP contribution >= 0.6 is 0 Å². The van der Waals surface area contributed by atoms with Crippen LogP contribution in [0, 0.1) is 0 Å². The van der Waals surface area contributed by atoms with Gasteiger partial charge in [0.15, 0.2) is 0 Å². The van der Waals surface area contributed by atoms with Crippen LogP contribution < -0.4 is 16.6 Å². The number of carbonyl (C=O) groups is 1. The summed E-state index contributed by atoms with van der Waals surface area (Å²) in [4.78, 5) is 11.2. The van der Waals surface area contributed by atoms with Crippen molar-refractivity contribution in [3.63, 3.8) is 0 Å². The van der Waals surface area contributed by atoms with E-state index in [1.807, 2.05) is 18.4 Å². The van der Waals surface area contributed by atoms with Crippen LogP contribution in [0.15, 0.2) is 23.6 Å². The summed E-state index contributed by atoms with van der Waals surface area (Å²) in [6.45, 7) is 2.98. The molecule has 0 saturated carbocycles. The first-order valence-electron chi connectivity index (χ1n) is 4.08. The molecule has 13 heavy (non-hydrogen) atoms. The SMILES string of the molecule is CCOC1=C(C(=O)NN)NCC=C1. The smallest absolute Gasteiger partial charge is 0.285 e. The van der Waals surface area contributed by atoms with Crippen LogP contribution in [0.1, 0.15) is 6.92 Å². The summed E-state index contributed by atoms with van der Waals surface area (Å²) in [6.07, 6.45) is 3.63. The Balaban J connectivity index is 2.83. The third-order valence-corrected chi connectivity index (χ3v) is 1.57. The van der Waals surface area contributed by atoms with Gasteiger partial charge in [-0.15, -0.1) is 0 Å². The normalized spacial score (nSPS) is 15.2. The fourth-order valence-electron chi connectivity index (χ4n) is 1.04. The van der Waals surface area contributed by atoms with E-state index in [9.17, 15) is 4.79 Å². The van der Waals surface area contributed by atoms with Crippen molar-refractivity contribution in [3.05, 3.63) is 23.6 Å². The topological polar surface area (TPSA) is 76.4 Å². The molecule has 0 atom stereocenters. The molecule has 1 rings (SSSR count). The van der Waals surface area contributed by atoms with E-state index < -0.39 is 0 Å². The van der Waals surface area contributed by atoms with Gasteiger partial charge in [-0.1, -0.05) is 6.08 Å². The first kappa shape index (κ1) is 9.60. The van der Waals surface area contributed by atoms with Crippen molar-refractivity contribution in [2.45, 2.75) is 6.92 Å². The quantitative estimate of drug-likeness (QED) is 0.310. The van der Waals surface area contributed by atoms with E-state index in [1.165, 1.54) is 0 Å². The number of hydrogen-bond donors (Lipinski definition) is 3. The minimum Gasteiger partial charge on any atom is -0.492 e. The molecule has 72 valence electrons. The second-order valence-electron chi connectivity index (χ2n) is 2.43. The molecule has 1 aliphatic rings. The first-order chi connectivity index (χ1) is 6.29. The number of hydrogen-bond acceptors (Lipinski definition) is 4. The standard InChI is InChI=1S/C8H13N3O2/c1-2-13-6-4-3-5-10-7(6)8(12)11-9/h3-4,10H,2,5,9H2,1H3,(H,11,12). The summed E-state index contributed by atoms with van der Waals surface area (Å²) in [5, 5.41) is 2.88. The van der Waals surface area contributed by atoms with Gasteiger partial charge in [0.1, 0.15) is 11.5 Å². The Morgan fingerprint density at radius 2 is 2.62 bits per heavy atom. The van der Waals surface area contributed by atoms with Crippen LogP contribution in [0.2, 0.25) is 0 Å². The number of nitrogens with two attached hydrogens (primary N) is 1. The van der Waals surface area contributed by atoms with E-state index in [0.717, 1.165) is 0 Å². The number of hydrazine groups is 1. The lowest BCUT2D eigenvalue weighted by Gasteiger charge is -2.16. The van der Waals surface area contributed by atoms with Gasteiger partial charge in [0.25, 0.3) is 5.91 Å².